The van der Waals surface area contributed by atoms with Crippen LogP contribution in [0.5, 0.6) is 11.5 Å². The van der Waals surface area contributed by atoms with E-state index in [-0.39, 0.29) is 5.91 Å². The van der Waals surface area contributed by atoms with Gasteiger partial charge in [0, 0.05) is 37.1 Å². The summed E-state index contributed by atoms with van der Waals surface area (Å²) < 4.78 is 23.1. The van der Waals surface area contributed by atoms with Gasteiger partial charge in [0.1, 0.15) is 17.3 Å². The number of likely N-dealkylation sites (tertiary alicyclic amines) is 1. The van der Waals surface area contributed by atoms with E-state index in [0.717, 1.165) is 33.9 Å². The molecule has 0 atom stereocenters. The number of rotatable bonds is 4. The van der Waals surface area contributed by atoms with Crippen LogP contribution in [0.1, 0.15) is 24.0 Å². The number of piperidine rings is 1. The Bertz CT molecular complexity index is 1050. The fourth-order valence-corrected chi connectivity index (χ4v) is 4.20. The monoisotopic (exact) mass is 419 g/mol. The van der Waals surface area contributed by atoms with Crippen molar-refractivity contribution < 1.29 is 23.4 Å². The fourth-order valence-electron chi connectivity index (χ4n) is 4.20. The number of hydrogen-bond donors (Lipinski definition) is 0. The lowest BCUT2D eigenvalue weighted by Gasteiger charge is -2.44. The van der Waals surface area contributed by atoms with E-state index in [2.05, 4.69) is 6.07 Å². The maximum atomic E-state index is 12.7. The van der Waals surface area contributed by atoms with Gasteiger partial charge in [-0.15, -0.1) is 0 Å². The maximum Gasteiger partial charge on any atom is 0.226 e. The summed E-state index contributed by atoms with van der Waals surface area (Å²) in [6.07, 6.45) is 3.36. The van der Waals surface area contributed by atoms with Crippen LogP contribution >= 0.6 is 0 Å². The van der Waals surface area contributed by atoms with Crippen LogP contribution in [0.2, 0.25) is 0 Å². The molecule has 0 saturated carbocycles. The minimum atomic E-state index is -0.657. The lowest BCUT2D eigenvalue weighted by molar-refractivity contribution is -0.227. The number of amides is 1. The van der Waals surface area contributed by atoms with Crippen molar-refractivity contribution in [2.75, 3.05) is 20.2 Å². The van der Waals surface area contributed by atoms with Crippen molar-refractivity contribution in [2.24, 2.45) is 0 Å². The molecule has 0 bridgehead atoms. The van der Waals surface area contributed by atoms with Crippen molar-refractivity contribution in [1.82, 2.24) is 4.90 Å². The fraction of sp³-hybridized carbons (Fsp3) is 0.320. The zero-order valence-electron chi connectivity index (χ0n) is 17.5. The highest BCUT2D eigenvalue weighted by atomic mass is 16.7. The summed E-state index contributed by atoms with van der Waals surface area (Å²) in [5.74, 6) is 1.93. The maximum absolute atomic E-state index is 12.7. The van der Waals surface area contributed by atoms with Crippen LogP contribution < -0.4 is 9.47 Å². The molecule has 0 unspecified atom stereocenters. The Hall–Kier alpha value is -3.25. The van der Waals surface area contributed by atoms with Gasteiger partial charge in [0.25, 0.3) is 0 Å². The number of fused-ring (bicyclic) bond motifs is 1. The Labute approximate surface area is 181 Å². The molecule has 0 N–H and O–H groups in total. The predicted molar refractivity (Wildman–Crippen MR) is 115 cm³/mol. The second kappa shape index (κ2) is 8.12. The molecule has 2 aliphatic heterocycles. The molecule has 0 aliphatic carbocycles. The number of methoxy groups -OCH3 is 1. The molecule has 6 nitrogen and oxygen atoms in total. The summed E-state index contributed by atoms with van der Waals surface area (Å²) in [6, 6.07) is 17.5. The van der Waals surface area contributed by atoms with E-state index in [1.807, 2.05) is 53.4 Å². The summed E-state index contributed by atoms with van der Waals surface area (Å²) in [5.41, 5.74) is 3.00. The summed E-state index contributed by atoms with van der Waals surface area (Å²) in [4.78, 5) is 14.6. The Morgan fingerprint density at radius 2 is 1.90 bits per heavy atom. The second-order valence-corrected chi connectivity index (χ2v) is 8.01. The minimum absolute atomic E-state index is 0.124. The SMILES string of the molecule is COc1ccc(CC(=O)N2CCC3(CC2)OCc2cc(-c4ccco4)ccc2O3)cc1. The van der Waals surface area contributed by atoms with E-state index < -0.39 is 5.79 Å². The van der Waals surface area contributed by atoms with Crippen molar-refractivity contribution in [3.05, 3.63) is 72.0 Å². The molecule has 1 saturated heterocycles. The van der Waals surface area contributed by atoms with Crippen LogP contribution in [-0.2, 0) is 22.6 Å². The quantitative estimate of drug-likeness (QED) is 0.626. The van der Waals surface area contributed by atoms with Gasteiger partial charge in [-0.1, -0.05) is 12.1 Å². The smallest absolute Gasteiger partial charge is 0.226 e. The molecule has 3 heterocycles. The molecule has 2 aromatic carbocycles. The first kappa shape index (κ1) is 19.7. The van der Waals surface area contributed by atoms with Gasteiger partial charge in [0.2, 0.25) is 11.7 Å². The summed E-state index contributed by atoms with van der Waals surface area (Å²) >= 11 is 0. The molecule has 0 radical (unpaired) electrons. The molecule has 31 heavy (non-hydrogen) atoms. The highest BCUT2D eigenvalue weighted by molar-refractivity contribution is 5.79. The third kappa shape index (κ3) is 4.03. The Balaban J connectivity index is 1.20. The van der Waals surface area contributed by atoms with Crippen molar-refractivity contribution in [2.45, 2.75) is 31.7 Å². The molecular formula is C25H25NO5. The molecular weight excluding hydrogens is 394 g/mol. The van der Waals surface area contributed by atoms with Crippen molar-refractivity contribution in [1.29, 1.82) is 0 Å². The third-order valence-electron chi connectivity index (χ3n) is 6.05. The first-order valence-electron chi connectivity index (χ1n) is 10.5. The number of ether oxygens (including phenoxy) is 3. The summed E-state index contributed by atoms with van der Waals surface area (Å²) in [6.45, 7) is 1.73. The number of carbonyl (C=O) groups is 1. The molecule has 1 amide bonds. The number of carbonyl (C=O) groups excluding carboxylic acids is 1. The van der Waals surface area contributed by atoms with Crippen LogP contribution in [-0.4, -0.2) is 36.8 Å². The van der Waals surface area contributed by atoms with E-state index in [4.69, 9.17) is 18.6 Å². The van der Waals surface area contributed by atoms with Crippen LogP contribution in [0.3, 0.4) is 0 Å². The first-order valence-corrected chi connectivity index (χ1v) is 10.5. The van der Waals surface area contributed by atoms with Gasteiger partial charge in [0.05, 0.1) is 26.4 Å². The van der Waals surface area contributed by atoms with Crippen LogP contribution in [0.25, 0.3) is 11.3 Å². The van der Waals surface area contributed by atoms with Crippen LogP contribution in [0.4, 0.5) is 0 Å². The average Bonchev–Trinajstić information content (AvgIpc) is 3.35. The van der Waals surface area contributed by atoms with Crippen LogP contribution in [0, 0.1) is 0 Å². The summed E-state index contributed by atoms with van der Waals surface area (Å²) in [5, 5.41) is 0. The van der Waals surface area contributed by atoms with Gasteiger partial charge in [-0.25, -0.2) is 0 Å². The van der Waals surface area contributed by atoms with Crippen molar-refractivity contribution >= 4 is 5.91 Å². The van der Waals surface area contributed by atoms with E-state index >= 15 is 0 Å². The first-order chi connectivity index (χ1) is 15.1. The van der Waals surface area contributed by atoms with E-state index in [9.17, 15) is 4.79 Å². The number of nitrogens with zero attached hydrogens (tertiary/aromatic N) is 1. The van der Waals surface area contributed by atoms with Crippen molar-refractivity contribution in [3.8, 4) is 22.8 Å². The van der Waals surface area contributed by atoms with Gasteiger partial charge < -0.3 is 23.5 Å². The Morgan fingerprint density at radius 3 is 2.61 bits per heavy atom. The predicted octanol–water partition coefficient (Wildman–Crippen LogP) is 4.43. The number of hydrogen-bond acceptors (Lipinski definition) is 5. The van der Waals surface area contributed by atoms with E-state index in [1.54, 1.807) is 13.4 Å². The Kier molecular flexibility index (Phi) is 5.16. The molecule has 1 spiro atoms. The summed E-state index contributed by atoms with van der Waals surface area (Å²) in [7, 11) is 1.63. The van der Waals surface area contributed by atoms with Crippen molar-refractivity contribution in [3.63, 3.8) is 0 Å². The molecule has 3 aromatic rings. The standard InChI is InChI=1S/C25H25NO5/c1-28-21-7-4-18(5-8-21)15-24(27)26-12-10-25(11-13-26)30-17-20-16-19(6-9-23(20)31-25)22-3-2-14-29-22/h2-9,14,16H,10-13,15,17H2,1H3. The molecule has 2 aliphatic rings. The molecule has 6 heteroatoms. The lowest BCUT2D eigenvalue weighted by Crippen LogP contribution is -2.52. The highest BCUT2D eigenvalue weighted by Crippen LogP contribution is 2.39. The molecule has 1 aromatic heterocycles. The van der Waals surface area contributed by atoms with E-state index in [1.165, 1.54) is 0 Å². The molecule has 1 fully saturated rings. The molecule has 5 rings (SSSR count). The van der Waals surface area contributed by atoms with Gasteiger partial charge >= 0.3 is 0 Å². The second-order valence-electron chi connectivity index (χ2n) is 8.01. The normalized spacial score (nSPS) is 17.1. The zero-order valence-corrected chi connectivity index (χ0v) is 17.5. The topological polar surface area (TPSA) is 61.1 Å². The van der Waals surface area contributed by atoms with Gasteiger partial charge in [-0.3, -0.25) is 4.79 Å². The van der Waals surface area contributed by atoms with Gasteiger partial charge in [-0.05, 0) is 48.0 Å². The van der Waals surface area contributed by atoms with Crippen LogP contribution in [0.15, 0.2) is 65.3 Å². The minimum Gasteiger partial charge on any atom is -0.497 e. The van der Waals surface area contributed by atoms with Gasteiger partial charge in [-0.2, -0.15) is 0 Å². The third-order valence-corrected chi connectivity index (χ3v) is 6.05. The highest BCUT2D eigenvalue weighted by Gasteiger charge is 2.41. The largest absolute Gasteiger partial charge is 0.497 e. The van der Waals surface area contributed by atoms with E-state index in [0.29, 0.717) is 39.0 Å². The Morgan fingerprint density at radius 1 is 1.10 bits per heavy atom. The number of benzene rings is 2. The lowest BCUT2D eigenvalue weighted by atomic mass is 9.99. The number of furan rings is 1. The van der Waals surface area contributed by atoms with Gasteiger partial charge in [0.15, 0.2) is 0 Å². The zero-order chi connectivity index (χ0) is 21.3. The average molecular weight is 419 g/mol. The molecule has 160 valence electrons.